The first-order valence-corrected chi connectivity index (χ1v) is 6.62. The SMILES string of the molecule is CCOC(C)Cn1c(C)cc2c1CCCC2O. The fourth-order valence-electron chi connectivity index (χ4n) is 2.79. The molecule has 0 fully saturated rings. The summed E-state index contributed by atoms with van der Waals surface area (Å²) in [5, 5.41) is 9.99. The average molecular weight is 237 g/mol. The second kappa shape index (κ2) is 5.23. The third-order valence-electron chi connectivity index (χ3n) is 3.59. The van der Waals surface area contributed by atoms with Crippen molar-refractivity contribution < 1.29 is 9.84 Å². The summed E-state index contributed by atoms with van der Waals surface area (Å²) in [6.45, 7) is 7.89. The molecule has 0 spiro atoms. The van der Waals surface area contributed by atoms with E-state index in [1.54, 1.807) is 0 Å². The zero-order valence-corrected chi connectivity index (χ0v) is 11.1. The number of ether oxygens (including phenoxy) is 1. The summed E-state index contributed by atoms with van der Waals surface area (Å²) in [6.07, 6.45) is 3.03. The van der Waals surface area contributed by atoms with E-state index in [0.29, 0.717) is 0 Å². The Labute approximate surface area is 103 Å². The van der Waals surface area contributed by atoms with Gasteiger partial charge in [-0.05, 0) is 46.1 Å². The van der Waals surface area contributed by atoms with Gasteiger partial charge in [-0.15, -0.1) is 0 Å². The topological polar surface area (TPSA) is 34.4 Å². The number of fused-ring (bicyclic) bond motifs is 1. The highest BCUT2D eigenvalue weighted by atomic mass is 16.5. The Bertz CT molecular complexity index is 384. The fourth-order valence-corrected chi connectivity index (χ4v) is 2.79. The fraction of sp³-hybridized carbons (Fsp3) is 0.714. The molecule has 0 aromatic carbocycles. The van der Waals surface area contributed by atoms with Crippen molar-refractivity contribution in [1.29, 1.82) is 0 Å². The Morgan fingerprint density at radius 1 is 1.59 bits per heavy atom. The number of rotatable bonds is 4. The maximum atomic E-state index is 9.99. The molecular formula is C14H23NO2. The van der Waals surface area contributed by atoms with Crippen LogP contribution in [0.15, 0.2) is 6.07 Å². The standard InChI is InChI=1S/C14H23NO2/c1-4-17-11(3)9-15-10(2)8-12-13(15)6-5-7-14(12)16/h8,11,14,16H,4-7,9H2,1-3H3. The summed E-state index contributed by atoms with van der Waals surface area (Å²) in [6, 6.07) is 2.14. The Morgan fingerprint density at radius 3 is 3.06 bits per heavy atom. The lowest BCUT2D eigenvalue weighted by molar-refractivity contribution is 0.0627. The Balaban J connectivity index is 2.22. The van der Waals surface area contributed by atoms with Gasteiger partial charge in [0.05, 0.1) is 12.2 Å². The van der Waals surface area contributed by atoms with E-state index in [0.717, 1.165) is 38.0 Å². The predicted octanol–water partition coefficient (Wildman–Crippen LogP) is 2.59. The van der Waals surface area contributed by atoms with E-state index in [1.165, 1.54) is 11.4 Å². The van der Waals surface area contributed by atoms with Crippen LogP contribution in [0.3, 0.4) is 0 Å². The monoisotopic (exact) mass is 237 g/mol. The highest BCUT2D eigenvalue weighted by Gasteiger charge is 2.23. The third kappa shape index (κ3) is 2.55. The van der Waals surface area contributed by atoms with E-state index < -0.39 is 0 Å². The number of aliphatic hydroxyl groups excluding tert-OH is 1. The molecule has 3 nitrogen and oxygen atoms in total. The molecule has 1 aliphatic rings. The molecule has 0 radical (unpaired) electrons. The summed E-state index contributed by atoms with van der Waals surface area (Å²) in [5.74, 6) is 0. The summed E-state index contributed by atoms with van der Waals surface area (Å²) in [7, 11) is 0. The van der Waals surface area contributed by atoms with E-state index in [-0.39, 0.29) is 12.2 Å². The van der Waals surface area contributed by atoms with Crippen LogP contribution in [0, 0.1) is 6.92 Å². The van der Waals surface area contributed by atoms with Crippen molar-refractivity contribution in [2.45, 2.75) is 58.8 Å². The van der Waals surface area contributed by atoms with Crippen LogP contribution in [0.2, 0.25) is 0 Å². The third-order valence-corrected chi connectivity index (χ3v) is 3.59. The molecule has 1 aliphatic carbocycles. The van der Waals surface area contributed by atoms with Gasteiger partial charge >= 0.3 is 0 Å². The van der Waals surface area contributed by atoms with Crippen molar-refractivity contribution in [1.82, 2.24) is 4.57 Å². The van der Waals surface area contributed by atoms with Crippen LogP contribution in [-0.4, -0.2) is 22.4 Å². The van der Waals surface area contributed by atoms with Gasteiger partial charge in [0, 0.05) is 30.1 Å². The molecule has 0 amide bonds. The lowest BCUT2D eigenvalue weighted by Gasteiger charge is -2.22. The second-order valence-corrected chi connectivity index (χ2v) is 4.97. The van der Waals surface area contributed by atoms with Crippen LogP contribution in [0.1, 0.15) is 49.7 Å². The van der Waals surface area contributed by atoms with E-state index >= 15 is 0 Å². The molecule has 17 heavy (non-hydrogen) atoms. The van der Waals surface area contributed by atoms with Crippen molar-refractivity contribution in [2.24, 2.45) is 0 Å². The van der Waals surface area contributed by atoms with Gasteiger partial charge in [0.2, 0.25) is 0 Å². The van der Waals surface area contributed by atoms with Crippen LogP contribution < -0.4 is 0 Å². The molecular weight excluding hydrogens is 214 g/mol. The summed E-state index contributed by atoms with van der Waals surface area (Å²) in [4.78, 5) is 0. The maximum Gasteiger partial charge on any atom is 0.0807 e. The first kappa shape index (κ1) is 12.7. The van der Waals surface area contributed by atoms with Gasteiger partial charge in [-0.1, -0.05) is 0 Å². The number of aryl methyl sites for hydroxylation is 1. The predicted molar refractivity (Wildman–Crippen MR) is 68.2 cm³/mol. The Hall–Kier alpha value is -0.800. The largest absolute Gasteiger partial charge is 0.388 e. The quantitative estimate of drug-likeness (QED) is 0.873. The summed E-state index contributed by atoms with van der Waals surface area (Å²) >= 11 is 0. The molecule has 1 heterocycles. The zero-order chi connectivity index (χ0) is 12.4. The molecule has 1 N–H and O–H groups in total. The minimum absolute atomic E-state index is 0.231. The van der Waals surface area contributed by atoms with Crippen molar-refractivity contribution in [3.8, 4) is 0 Å². The summed E-state index contributed by atoms with van der Waals surface area (Å²) in [5.41, 5.74) is 3.69. The normalized spacial score (nSPS) is 21.3. The Kier molecular flexibility index (Phi) is 3.89. The Morgan fingerprint density at radius 2 is 2.35 bits per heavy atom. The molecule has 2 unspecified atom stereocenters. The average Bonchev–Trinajstić information content (AvgIpc) is 2.58. The van der Waals surface area contributed by atoms with Gasteiger partial charge in [0.1, 0.15) is 0 Å². The van der Waals surface area contributed by atoms with Gasteiger partial charge in [-0.2, -0.15) is 0 Å². The van der Waals surface area contributed by atoms with Gasteiger partial charge in [0.15, 0.2) is 0 Å². The van der Waals surface area contributed by atoms with Crippen molar-refractivity contribution in [2.75, 3.05) is 6.61 Å². The highest BCUT2D eigenvalue weighted by Crippen LogP contribution is 2.32. The van der Waals surface area contributed by atoms with Crippen molar-refractivity contribution >= 4 is 0 Å². The van der Waals surface area contributed by atoms with Crippen LogP contribution in [-0.2, 0) is 17.7 Å². The molecule has 0 aliphatic heterocycles. The first-order chi connectivity index (χ1) is 8.13. The number of nitrogens with zero attached hydrogens (tertiary/aromatic N) is 1. The molecule has 96 valence electrons. The minimum atomic E-state index is -0.263. The second-order valence-electron chi connectivity index (χ2n) is 4.97. The zero-order valence-electron chi connectivity index (χ0n) is 11.1. The van der Waals surface area contributed by atoms with Crippen molar-refractivity contribution in [3.05, 3.63) is 23.0 Å². The highest BCUT2D eigenvalue weighted by molar-refractivity contribution is 5.31. The number of hydrogen-bond donors (Lipinski definition) is 1. The van der Waals surface area contributed by atoms with Crippen LogP contribution in [0.25, 0.3) is 0 Å². The molecule has 0 saturated carbocycles. The molecule has 0 saturated heterocycles. The lowest BCUT2D eigenvalue weighted by Crippen LogP contribution is -2.20. The molecule has 0 bridgehead atoms. The lowest BCUT2D eigenvalue weighted by atomic mass is 9.95. The van der Waals surface area contributed by atoms with E-state index in [4.69, 9.17) is 4.74 Å². The van der Waals surface area contributed by atoms with Gasteiger partial charge in [-0.25, -0.2) is 0 Å². The van der Waals surface area contributed by atoms with Crippen LogP contribution >= 0.6 is 0 Å². The number of hydrogen-bond acceptors (Lipinski definition) is 2. The first-order valence-electron chi connectivity index (χ1n) is 6.62. The molecule has 1 aromatic rings. The van der Waals surface area contributed by atoms with E-state index in [1.807, 2.05) is 6.92 Å². The van der Waals surface area contributed by atoms with E-state index in [2.05, 4.69) is 24.5 Å². The minimum Gasteiger partial charge on any atom is -0.388 e. The molecule has 2 atom stereocenters. The number of aliphatic hydroxyl groups is 1. The van der Waals surface area contributed by atoms with E-state index in [9.17, 15) is 5.11 Å². The van der Waals surface area contributed by atoms with Crippen molar-refractivity contribution in [3.63, 3.8) is 0 Å². The van der Waals surface area contributed by atoms with Crippen LogP contribution in [0.5, 0.6) is 0 Å². The summed E-state index contributed by atoms with van der Waals surface area (Å²) < 4.78 is 7.92. The molecule has 1 aromatic heterocycles. The van der Waals surface area contributed by atoms with Gasteiger partial charge < -0.3 is 14.4 Å². The molecule has 3 heteroatoms. The molecule has 2 rings (SSSR count). The maximum absolute atomic E-state index is 9.99. The van der Waals surface area contributed by atoms with Gasteiger partial charge in [-0.3, -0.25) is 0 Å². The van der Waals surface area contributed by atoms with Gasteiger partial charge in [0.25, 0.3) is 0 Å². The van der Waals surface area contributed by atoms with Crippen LogP contribution in [0.4, 0.5) is 0 Å². The smallest absolute Gasteiger partial charge is 0.0807 e. The number of aromatic nitrogens is 1.